The molecule has 239 valence electrons. The Morgan fingerprint density at radius 2 is 0.767 bits per heavy atom. The molecule has 0 N–H and O–H groups in total. The third-order valence-electron chi connectivity index (χ3n) is 8.26. The fourth-order valence-corrected chi connectivity index (χ4v) is 47.5. The predicted octanol–water partition coefficient (Wildman–Crippen LogP) is 10.5. The zero-order valence-electron chi connectivity index (χ0n) is 31.2. The molecule has 1 radical (unpaired) electrons. The maximum atomic E-state index is 6.10. The van der Waals surface area contributed by atoms with Crippen molar-refractivity contribution in [1.82, 2.24) is 0 Å². The monoisotopic (exact) mass is 751 g/mol. The summed E-state index contributed by atoms with van der Waals surface area (Å²) < 4.78 is 0. The zero-order valence-corrected chi connectivity index (χ0v) is 40.4. The van der Waals surface area contributed by atoms with Crippen LogP contribution in [0.5, 0.6) is 0 Å². The molecule has 2 aromatic rings. The van der Waals surface area contributed by atoms with Crippen molar-refractivity contribution < 1.29 is 21.7 Å². The predicted molar refractivity (Wildman–Crippen MR) is 220 cm³/mol. The summed E-state index contributed by atoms with van der Waals surface area (Å²) in [5.41, 5.74) is 6.30. The molecule has 0 aliphatic carbocycles. The van der Waals surface area contributed by atoms with E-state index in [9.17, 15) is 0 Å². The van der Waals surface area contributed by atoms with Crippen molar-refractivity contribution >= 4 is 84.1 Å². The van der Waals surface area contributed by atoms with Gasteiger partial charge in [-0.25, -0.2) is 0 Å². The molecule has 0 bridgehead atoms. The van der Waals surface area contributed by atoms with Crippen molar-refractivity contribution in [2.24, 2.45) is 0 Å². The second kappa shape index (κ2) is 16.1. The third kappa shape index (κ3) is 13.0. The van der Waals surface area contributed by atoms with E-state index in [4.69, 9.17) is 25.0 Å². The summed E-state index contributed by atoms with van der Waals surface area (Å²) in [6.07, 6.45) is 0. The number of benzene rings is 2. The molecule has 43 heavy (non-hydrogen) atoms. The van der Waals surface area contributed by atoms with Gasteiger partial charge in [-0.1, -0.05) is 141 Å². The van der Waals surface area contributed by atoms with Crippen LogP contribution in [-0.2, 0) is 46.7 Å². The van der Waals surface area contributed by atoms with E-state index < -0.39 is 48.4 Å². The molecule has 0 nitrogen and oxygen atoms in total. The van der Waals surface area contributed by atoms with Crippen LogP contribution >= 0.6 is 0 Å². The van der Waals surface area contributed by atoms with Crippen LogP contribution in [-0.4, -0.2) is 53.7 Å². The van der Waals surface area contributed by atoms with Crippen molar-refractivity contribution in [2.75, 3.05) is 0 Å². The molecule has 0 amide bonds. The molecule has 0 unspecified atom stereocenters. The summed E-state index contributed by atoms with van der Waals surface area (Å²) in [6.45, 7) is 46.8. The van der Waals surface area contributed by atoms with Crippen LogP contribution in [0.25, 0.3) is 0 Å². The van der Waals surface area contributed by atoms with Crippen LogP contribution in [0.3, 0.4) is 0 Å². The van der Waals surface area contributed by atoms with Gasteiger partial charge in [-0.05, 0) is 21.1 Å². The van der Waals surface area contributed by atoms with E-state index in [1.807, 2.05) is 30.3 Å². The first-order valence-corrected chi connectivity index (χ1v) is 38.3. The maximum absolute atomic E-state index is 6.10. The Morgan fingerprint density at radius 1 is 0.488 bits per heavy atom. The van der Waals surface area contributed by atoms with Gasteiger partial charge >= 0.3 is 21.7 Å². The van der Waals surface area contributed by atoms with Gasteiger partial charge in [0, 0.05) is 48.4 Å². The van der Waals surface area contributed by atoms with Gasteiger partial charge in [-0.15, -0.1) is 5.46 Å². The molecule has 2 rings (SSSR count). The van der Waals surface area contributed by atoms with Crippen LogP contribution in [0.15, 0.2) is 42.5 Å². The third-order valence-corrected chi connectivity index (χ3v) is 36.6. The first kappa shape index (κ1) is 44.2. The van der Waals surface area contributed by atoms with E-state index in [1.165, 1.54) is 5.46 Å². The molecule has 2 aromatic carbocycles. The van der Waals surface area contributed by atoms with E-state index in [2.05, 4.69) is 136 Å². The zero-order chi connectivity index (χ0) is 33.3. The van der Waals surface area contributed by atoms with Gasteiger partial charge in [-0.2, -0.15) is 41.7 Å². The minimum Gasteiger partial charge on any atom is -0.844 e. The minimum atomic E-state index is -1.52. The van der Waals surface area contributed by atoms with Crippen molar-refractivity contribution in [3.05, 3.63) is 65.2 Å². The fraction of sp³-hybridized carbons (Fsp3) is 0.636. The van der Waals surface area contributed by atoms with Crippen molar-refractivity contribution in [3.8, 4) is 0 Å². The summed E-state index contributed by atoms with van der Waals surface area (Å²) in [7, 11) is -9.00. The van der Waals surface area contributed by atoms with E-state index >= 15 is 0 Å². The van der Waals surface area contributed by atoms with Gasteiger partial charge in [0.25, 0.3) is 0 Å². The summed E-state index contributed by atoms with van der Waals surface area (Å²) in [6, 6.07) is 17.9. The number of rotatable bonds is 10. The summed E-state index contributed by atoms with van der Waals surface area (Å²) in [4.78, 5) is 0. The molecule has 0 aliphatic heterocycles. The standard InChI is InChI=1S/C27H59BS2Si6.C6H5.Ti/c1-31(2,3)25(32(4,5)6)21-19-22(26(33(7,8)9)34(10,11)12)24(28(29)30)23(20-21)27(35(13,14)15)36(16,17)18;1-2-4-6-5-3-1;/h19-20,25-27H,1-18H3;1-5H;/q-2;-1;+3. The van der Waals surface area contributed by atoms with Gasteiger partial charge in [-0.3, -0.25) is 0 Å². The van der Waals surface area contributed by atoms with Crippen molar-refractivity contribution in [2.45, 2.75) is 133 Å². The number of hydrogen-bond donors (Lipinski definition) is 0. The second-order valence-electron chi connectivity index (χ2n) is 19.0. The van der Waals surface area contributed by atoms with Gasteiger partial charge in [0.15, 0.2) is 0 Å². The Balaban J connectivity index is 0.00000223. The Morgan fingerprint density at radius 3 is 0.930 bits per heavy atom. The average molecular weight is 752 g/mol. The molecular formula is C33H64BS2Si6Ti. The quantitative estimate of drug-likeness (QED) is 0.135. The van der Waals surface area contributed by atoms with E-state index in [-0.39, 0.29) is 27.0 Å². The van der Waals surface area contributed by atoms with Crippen molar-refractivity contribution in [3.63, 3.8) is 0 Å². The normalized spacial score (nSPS) is 13.6. The first-order chi connectivity index (χ1) is 18.5. The van der Waals surface area contributed by atoms with E-state index in [0.29, 0.717) is 10.3 Å². The maximum Gasteiger partial charge on any atom is 3.00 e. The number of hydrogen-bond acceptors (Lipinski definition) is 2. The Hall–Kier alpha value is 1.22. The SMILES string of the molecule is C[Si](C)(C)C(c1cc(C([Si](C)(C)C)[Si](C)(C)C)c(B([S-])[S-])c(C([Si](C)(C)C)[Si](C)(C)C)c1)[Si](C)(C)C.[Ti+3].[c-]1ccccc1. The molecule has 0 atom stereocenters. The largest absolute Gasteiger partial charge is 3.00 e. The van der Waals surface area contributed by atoms with Crippen LogP contribution in [0.2, 0.25) is 118 Å². The molecule has 0 saturated heterocycles. The summed E-state index contributed by atoms with van der Waals surface area (Å²) in [5.74, 6) is 0. The molecular weight excluding hydrogens is 688 g/mol. The van der Waals surface area contributed by atoms with Crippen LogP contribution in [0.4, 0.5) is 0 Å². The minimum absolute atomic E-state index is 0. The van der Waals surface area contributed by atoms with Gasteiger partial charge in [0.05, 0.1) is 0 Å². The molecule has 0 saturated carbocycles. The molecule has 0 aromatic heterocycles. The summed E-state index contributed by atoms with van der Waals surface area (Å²) in [5, 5.41) is 1.82. The van der Waals surface area contributed by atoms with Gasteiger partial charge in [0.1, 0.15) is 0 Å². The molecule has 0 spiro atoms. The Bertz CT molecular complexity index is 1010. The molecule has 0 heterocycles. The van der Waals surface area contributed by atoms with E-state index in [0.717, 1.165) is 5.16 Å². The Kier molecular flexibility index (Phi) is 16.5. The average Bonchev–Trinajstić information content (AvgIpc) is 2.68. The second-order valence-corrected chi connectivity index (χ2v) is 53.8. The van der Waals surface area contributed by atoms with Crippen LogP contribution < -0.4 is 5.46 Å². The van der Waals surface area contributed by atoms with Gasteiger partial charge in [0.2, 0.25) is 0 Å². The molecule has 10 heteroatoms. The first-order valence-electron chi connectivity index (χ1n) is 15.9. The summed E-state index contributed by atoms with van der Waals surface area (Å²) >= 11 is 12.2. The molecule has 0 fully saturated rings. The Labute approximate surface area is 301 Å². The topological polar surface area (TPSA) is 0 Å². The van der Waals surface area contributed by atoms with Crippen LogP contribution in [0, 0.1) is 6.07 Å². The smallest absolute Gasteiger partial charge is 0.844 e. The van der Waals surface area contributed by atoms with Crippen LogP contribution in [0.1, 0.15) is 32.2 Å². The molecule has 0 aliphatic rings. The fourth-order valence-electron chi connectivity index (χ4n) is 8.74. The van der Waals surface area contributed by atoms with E-state index in [1.54, 1.807) is 16.7 Å². The van der Waals surface area contributed by atoms with Crippen molar-refractivity contribution in [1.29, 1.82) is 0 Å². The van der Waals surface area contributed by atoms with Gasteiger partial charge < -0.3 is 25.0 Å².